The van der Waals surface area contributed by atoms with Crippen LogP contribution in [0.25, 0.3) is 0 Å². The van der Waals surface area contributed by atoms with Crippen LogP contribution in [-0.4, -0.2) is 38.3 Å². The highest BCUT2D eigenvalue weighted by atomic mass is 16.5. The molecule has 0 aliphatic heterocycles. The highest BCUT2D eigenvalue weighted by molar-refractivity contribution is 5.99. The Morgan fingerprint density at radius 3 is 2.46 bits per heavy atom. The second kappa shape index (κ2) is 9.27. The average molecular weight is 337 g/mol. The molecule has 0 aliphatic carbocycles. The zero-order chi connectivity index (χ0) is 18.2. The average Bonchev–Trinajstić information content (AvgIpc) is 2.61. The van der Waals surface area contributed by atoms with Crippen LogP contribution in [0.4, 0.5) is 5.69 Å². The summed E-state index contributed by atoms with van der Waals surface area (Å²) in [6.45, 7) is 6.16. The molecule has 1 N–H and O–H groups in total. The number of hydrogen-bond donors (Lipinski definition) is 1. The minimum absolute atomic E-state index is 0.275. The van der Waals surface area contributed by atoms with Gasteiger partial charge in [-0.1, -0.05) is 20.3 Å². The Balaban J connectivity index is 3.01. The van der Waals surface area contributed by atoms with E-state index in [1.807, 2.05) is 6.92 Å². The number of carbonyl (C=O) groups excluding carboxylic acids is 2. The normalized spacial score (nSPS) is 13.0. The molecule has 1 amide bonds. The van der Waals surface area contributed by atoms with Crippen LogP contribution in [0.5, 0.6) is 5.75 Å². The molecule has 0 aromatic heterocycles. The fraction of sp³-hybridized carbons (Fsp3) is 0.556. The van der Waals surface area contributed by atoms with Gasteiger partial charge in [-0.15, -0.1) is 0 Å². The van der Waals surface area contributed by atoms with E-state index in [2.05, 4.69) is 12.2 Å². The summed E-state index contributed by atoms with van der Waals surface area (Å²) in [6, 6.07) is 4.90. The minimum atomic E-state index is -0.929. The number of hydrogen-bond acceptors (Lipinski definition) is 5. The molecule has 0 saturated carbocycles. The Kier molecular flexibility index (Phi) is 7.71. The first-order valence-electron chi connectivity index (χ1n) is 8.13. The number of unbranched alkanes of at least 4 members (excludes halogenated alkanes) is 1. The molecule has 134 valence electrons. The van der Waals surface area contributed by atoms with Crippen LogP contribution < -0.4 is 10.1 Å². The van der Waals surface area contributed by atoms with E-state index in [9.17, 15) is 9.59 Å². The topological polar surface area (TPSA) is 73.9 Å². The Bertz CT molecular complexity index is 567. The van der Waals surface area contributed by atoms with Crippen molar-refractivity contribution >= 4 is 17.6 Å². The van der Waals surface area contributed by atoms with Crippen molar-refractivity contribution in [1.82, 2.24) is 0 Å². The van der Waals surface area contributed by atoms with Crippen molar-refractivity contribution in [2.75, 3.05) is 26.1 Å². The van der Waals surface area contributed by atoms with Crippen LogP contribution in [0, 0.1) is 0 Å². The van der Waals surface area contributed by atoms with Gasteiger partial charge in [-0.3, -0.25) is 4.79 Å². The first-order chi connectivity index (χ1) is 11.4. The summed E-state index contributed by atoms with van der Waals surface area (Å²) in [5.74, 6) is -0.344. The summed E-state index contributed by atoms with van der Waals surface area (Å²) in [7, 11) is 2.80. The molecular weight excluding hydrogens is 310 g/mol. The van der Waals surface area contributed by atoms with Crippen LogP contribution in [0.15, 0.2) is 18.2 Å². The fourth-order valence-electron chi connectivity index (χ4n) is 1.99. The molecule has 0 spiro atoms. The number of amides is 1. The van der Waals surface area contributed by atoms with Crippen molar-refractivity contribution in [1.29, 1.82) is 0 Å². The van der Waals surface area contributed by atoms with Crippen molar-refractivity contribution in [2.24, 2.45) is 0 Å². The molecular formula is C18H27NO5. The largest absolute Gasteiger partial charge is 0.493 e. The first-order valence-corrected chi connectivity index (χ1v) is 8.13. The van der Waals surface area contributed by atoms with Gasteiger partial charge in [0.15, 0.2) is 0 Å². The quantitative estimate of drug-likeness (QED) is 0.552. The SMILES string of the molecule is CCCCOc1ccc(NC(=O)C(C)(CC)OC)cc1C(=O)OC. The number of anilines is 1. The maximum atomic E-state index is 12.4. The van der Waals surface area contributed by atoms with E-state index in [0.29, 0.717) is 24.5 Å². The Morgan fingerprint density at radius 2 is 1.92 bits per heavy atom. The number of nitrogens with one attached hydrogen (secondary N) is 1. The van der Waals surface area contributed by atoms with Gasteiger partial charge >= 0.3 is 5.97 Å². The molecule has 1 rings (SSSR count). The van der Waals surface area contributed by atoms with Crippen molar-refractivity contribution in [2.45, 2.75) is 45.6 Å². The number of benzene rings is 1. The Labute approximate surface area is 143 Å². The van der Waals surface area contributed by atoms with E-state index in [0.717, 1.165) is 12.8 Å². The van der Waals surface area contributed by atoms with Crippen molar-refractivity contribution in [3.05, 3.63) is 23.8 Å². The molecule has 0 heterocycles. The van der Waals surface area contributed by atoms with Crippen LogP contribution in [0.3, 0.4) is 0 Å². The predicted molar refractivity (Wildman–Crippen MR) is 92.5 cm³/mol. The predicted octanol–water partition coefficient (Wildman–Crippen LogP) is 3.41. The number of rotatable bonds is 9. The maximum Gasteiger partial charge on any atom is 0.341 e. The molecule has 0 aliphatic rings. The van der Waals surface area contributed by atoms with Gasteiger partial charge < -0.3 is 19.5 Å². The number of carbonyl (C=O) groups is 2. The zero-order valence-electron chi connectivity index (χ0n) is 15.1. The summed E-state index contributed by atoms with van der Waals surface area (Å²) in [5.41, 5.74) is -0.163. The van der Waals surface area contributed by atoms with E-state index >= 15 is 0 Å². The van der Waals surface area contributed by atoms with E-state index < -0.39 is 11.6 Å². The van der Waals surface area contributed by atoms with E-state index in [1.165, 1.54) is 14.2 Å². The Morgan fingerprint density at radius 1 is 1.21 bits per heavy atom. The lowest BCUT2D eigenvalue weighted by Gasteiger charge is -2.25. The summed E-state index contributed by atoms with van der Waals surface area (Å²) in [5, 5.41) is 2.77. The minimum Gasteiger partial charge on any atom is -0.493 e. The molecule has 0 fully saturated rings. The molecule has 6 nitrogen and oxygen atoms in total. The summed E-state index contributed by atoms with van der Waals surface area (Å²) in [6.07, 6.45) is 2.41. The molecule has 0 saturated heterocycles. The number of methoxy groups -OCH3 is 2. The second-order valence-corrected chi connectivity index (χ2v) is 5.65. The van der Waals surface area contributed by atoms with Crippen molar-refractivity contribution in [3.63, 3.8) is 0 Å². The highest BCUT2D eigenvalue weighted by Crippen LogP contribution is 2.25. The van der Waals surface area contributed by atoms with Crippen LogP contribution in [0.2, 0.25) is 0 Å². The van der Waals surface area contributed by atoms with Gasteiger partial charge in [-0.05, 0) is 38.0 Å². The summed E-state index contributed by atoms with van der Waals surface area (Å²) < 4.78 is 15.7. The lowest BCUT2D eigenvalue weighted by Crippen LogP contribution is -2.41. The first kappa shape index (κ1) is 20.0. The van der Waals surface area contributed by atoms with Gasteiger partial charge in [-0.2, -0.15) is 0 Å². The Hall–Kier alpha value is -2.08. The molecule has 6 heteroatoms. The fourth-order valence-corrected chi connectivity index (χ4v) is 1.99. The van der Waals surface area contributed by atoms with Crippen LogP contribution in [0.1, 0.15) is 50.4 Å². The van der Waals surface area contributed by atoms with Gasteiger partial charge in [0.05, 0.1) is 13.7 Å². The lowest BCUT2D eigenvalue weighted by atomic mass is 10.0. The van der Waals surface area contributed by atoms with Gasteiger partial charge in [-0.25, -0.2) is 4.79 Å². The van der Waals surface area contributed by atoms with Gasteiger partial charge in [0.2, 0.25) is 0 Å². The van der Waals surface area contributed by atoms with Crippen molar-refractivity contribution < 1.29 is 23.8 Å². The number of ether oxygens (including phenoxy) is 3. The number of esters is 1. The van der Waals surface area contributed by atoms with Gasteiger partial charge in [0.1, 0.15) is 16.9 Å². The third-order valence-electron chi connectivity index (χ3n) is 4.00. The third-order valence-corrected chi connectivity index (χ3v) is 4.00. The van der Waals surface area contributed by atoms with E-state index in [-0.39, 0.29) is 11.5 Å². The van der Waals surface area contributed by atoms with Gasteiger partial charge in [0, 0.05) is 12.8 Å². The lowest BCUT2D eigenvalue weighted by molar-refractivity contribution is -0.136. The summed E-state index contributed by atoms with van der Waals surface area (Å²) in [4.78, 5) is 24.3. The molecule has 1 aromatic rings. The maximum absolute atomic E-state index is 12.4. The second-order valence-electron chi connectivity index (χ2n) is 5.65. The van der Waals surface area contributed by atoms with E-state index in [1.54, 1.807) is 25.1 Å². The monoisotopic (exact) mass is 337 g/mol. The van der Waals surface area contributed by atoms with Crippen LogP contribution in [-0.2, 0) is 14.3 Å². The van der Waals surface area contributed by atoms with E-state index in [4.69, 9.17) is 14.2 Å². The molecule has 1 atom stereocenters. The van der Waals surface area contributed by atoms with Gasteiger partial charge in [0.25, 0.3) is 5.91 Å². The molecule has 0 bridgehead atoms. The zero-order valence-corrected chi connectivity index (χ0v) is 15.1. The molecule has 24 heavy (non-hydrogen) atoms. The highest BCUT2D eigenvalue weighted by Gasteiger charge is 2.31. The smallest absolute Gasteiger partial charge is 0.341 e. The molecule has 1 unspecified atom stereocenters. The summed E-state index contributed by atoms with van der Waals surface area (Å²) >= 11 is 0. The molecule has 1 aromatic carbocycles. The third kappa shape index (κ3) is 4.96. The molecule has 0 radical (unpaired) electrons. The standard InChI is InChI=1S/C18H27NO5/c1-6-8-11-24-15-10-9-13(12-14(15)16(20)22-4)19-17(21)18(3,7-2)23-5/h9-10,12H,6-8,11H2,1-5H3,(H,19,21). The van der Waals surface area contributed by atoms with Crippen LogP contribution >= 0.6 is 0 Å². The van der Waals surface area contributed by atoms with Crippen molar-refractivity contribution in [3.8, 4) is 5.75 Å².